The molecule has 0 aromatic heterocycles. The number of esters is 1. The third-order valence-electron chi connectivity index (χ3n) is 2.41. The third kappa shape index (κ3) is 2.82. The largest absolute Gasteiger partial charge is 0.456 e. The highest BCUT2D eigenvalue weighted by Crippen LogP contribution is 2.28. The van der Waals surface area contributed by atoms with Gasteiger partial charge >= 0.3 is 5.97 Å². The van der Waals surface area contributed by atoms with E-state index in [2.05, 4.69) is 22.6 Å². The fourth-order valence-corrected chi connectivity index (χ4v) is 1.46. The summed E-state index contributed by atoms with van der Waals surface area (Å²) in [6, 6.07) is 0. The molecule has 0 aromatic carbocycles. The van der Waals surface area contributed by atoms with Crippen LogP contribution in [0.4, 0.5) is 0 Å². The van der Waals surface area contributed by atoms with Crippen LogP contribution in [0.5, 0.6) is 0 Å². The normalized spacial score (nSPS) is 27.7. The zero-order chi connectivity index (χ0) is 10.8. The van der Waals surface area contributed by atoms with E-state index < -0.39 is 11.0 Å². The molecule has 1 heterocycles. The third-order valence-corrected chi connectivity index (χ3v) is 4.32. The average Bonchev–Trinajstić information content (AvgIpc) is 2.52. The van der Waals surface area contributed by atoms with Crippen molar-refractivity contribution in [2.45, 2.75) is 32.8 Å². The van der Waals surface area contributed by atoms with Crippen LogP contribution in [0.25, 0.3) is 0 Å². The Morgan fingerprint density at radius 3 is 2.71 bits per heavy atom. The molecular weight excluding hydrogens is 295 g/mol. The minimum Gasteiger partial charge on any atom is -0.456 e. The van der Waals surface area contributed by atoms with Gasteiger partial charge in [-0.05, 0) is 20.8 Å². The lowest BCUT2D eigenvalue weighted by atomic mass is 9.96. The van der Waals surface area contributed by atoms with Crippen molar-refractivity contribution in [3.63, 3.8) is 0 Å². The van der Waals surface area contributed by atoms with Gasteiger partial charge in [-0.15, -0.1) is 0 Å². The first-order valence-corrected chi connectivity index (χ1v) is 6.29. The summed E-state index contributed by atoms with van der Waals surface area (Å²) in [4.78, 5) is 11.8. The zero-order valence-electron chi connectivity index (χ0n) is 8.93. The second-order valence-corrected chi connectivity index (χ2v) is 5.42. The van der Waals surface area contributed by atoms with E-state index in [-0.39, 0.29) is 5.97 Å². The average molecular weight is 312 g/mol. The molecule has 0 N–H and O–H groups in total. The van der Waals surface area contributed by atoms with E-state index in [0.717, 1.165) is 10.8 Å². The van der Waals surface area contributed by atoms with Crippen molar-refractivity contribution in [3.05, 3.63) is 0 Å². The number of carbonyl (C=O) groups excluding carboxylic acids is 1. The van der Waals surface area contributed by atoms with Crippen LogP contribution in [0, 0.1) is 5.41 Å². The Morgan fingerprint density at radius 2 is 2.29 bits per heavy atom. The van der Waals surface area contributed by atoms with E-state index in [9.17, 15) is 4.79 Å². The Bertz CT molecular complexity index is 219. The van der Waals surface area contributed by atoms with E-state index in [1.165, 1.54) is 0 Å². The molecule has 0 aromatic rings. The molecule has 0 radical (unpaired) electrons. The summed E-state index contributed by atoms with van der Waals surface area (Å²) in [7, 11) is 0. The van der Waals surface area contributed by atoms with Crippen LogP contribution >= 0.6 is 22.6 Å². The number of alkyl halides is 1. The van der Waals surface area contributed by atoms with Crippen LogP contribution in [0.15, 0.2) is 0 Å². The number of rotatable bonds is 3. The fraction of sp³-hybridized carbons (Fsp3) is 0.900. The van der Waals surface area contributed by atoms with Crippen molar-refractivity contribution in [1.29, 1.82) is 0 Å². The summed E-state index contributed by atoms with van der Waals surface area (Å²) in [6.07, 6.45) is 0.802. The molecule has 0 bridgehead atoms. The summed E-state index contributed by atoms with van der Waals surface area (Å²) in [6.45, 7) is 6.95. The number of hydrogen-bond acceptors (Lipinski definition) is 3. The monoisotopic (exact) mass is 312 g/mol. The molecule has 1 aliphatic rings. The Hall–Kier alpha value is 0.160. The molecule has 82 valence electrons. The van der Waals surface area contributed by atoms with Gasteiger partial charge in [0.15, 0.2) is 0 Å². The SMILES string of the molecule is CC1(OC(=O)C(C)(C)CI)CCOC1. The van der Waals surface area contributed by atoms with Gasteiger partial charge in [0.05, 0.1) is 18.6 Å². The van der Waals surface area contributed by atoms with Gasteiger partial charge in [0.25, 0.3) is 0 Å². The molecule has 1 fully saturated rings. The second-order valence-electron chi connectivity index (χ2n) is 4.66. The fourth-order valence-electron chi connectivity index (χ4n) is 1.15. The summed E-state index contributed by atoms with van der Waals surface area (Å²) < 4.78 is 11.5. The molecule has 14 heavy (non-hydrogen) atoms. The first-order chi connectivity index (χ1) is 6.40. The Labute approximate surface area is 98.7 Å². The molecule has 1 rings (SSSR count). The number of hydrogen-bond donors (Lipinski definition) is 0. The van der Waals surface area contributed by atoms with Gasteiger partial charge < -0.3 is 9.47 Å². The molecule has 0 saturated carbocycles. The van der Waals surface area contributed by atoms with Crippen molar-refractivity contribution in [1.82, 2.24) is 0 Å². The van der Waals surface area contributed by atoms with Gasteiger partial charge in [-0.3, -0.25) is 4.79 Å². The summed E-state index contributed by atoms with van der Waals surface area (Å²) >= 11 is 2.20. The predicted molar refractivity (Wildman–Crippen MR) is 62.6 cm³/mol. The number of carbonyl (C=O) groups is 1. The lowest BCUT2D eigenvalue weighted by molar-refractivity contribution is -0.167. The first kappa shape index (κ1) is 12.2. The van der Waals surface area contributed by atoms with E-state index in [4.69, 9.17) is 9.47 Å². The molecular formula is C10H17IO3. The number of halogens is 1. The lowest BCUT2D eigenvalue weighted by Gasteiger charge is -2.28. The molecule has 1 aliphatic heterocycles. The van der Waals surface area contributed by atoms with Crippen LogP contribution in [0.3, 0.4) is 0 Å². The highest BCUT2D eigenvalue weighted by Gasteiger charge is 2.38. The van der Waals surface area contributed by atoms with Crippen molar-refractivity contribution in [3.8, 4) is 0 Å². The Kier molecular flexibility index (Phi) is 3.80. The van der Waals surface area contributed by atoms with E-state index in [0.29, 0.717) is 13.2 Å². The molecule has 0 spiro atoms. The molecule has 1 unspecified atom stereocenters. The summed E-state index contributed by atoms with van der Waals surface area (Å²) in [5, 5.41) is 0. The van der Waals surface area contributed by atoms with Crippen molar-refractivity contribution in [2.75, 3.05) is 17.6 Å². The lowest BCUT2D eigenvalue weighted by Crippen LogP contribution is -2.38. The molecule has 1 saturated heterocycles. The molecule has 3 nitrogen and oxygen atoms in total. The Balaban J connectivity index is 2.55. The van der Waals surface area contributed by atoms with Gasteiger partial charge in [-0.2, -0.15) is 0 Å². The van der Waals surface area contributed by atoms with Crippen LogP contribution in [0.1, 0.15) is 27.2 Å². The molecule has 1 atom stereocenters. The summed E-state index contributed by atoms with van der Waals surface area (Å²) in [5.74, 6) is -0.125. The number of ether oxygens (including phenoxy) is 2. The Morgan fingerprint density at radius 1 is 1.64 bits per heavy atom. The standard InChI is InChI=1S/C10H17IO3/c1-9(2,6-11)8(12)14-10(3)4-5-13-7-10/h4-7H2,1-3H3. The van der Waals surface area contributed by atoms with E-state index in [1.807, 2.05) is 20.8 Å². The minimum atomic E-state index is -0.403. The van der Waals surface area contributed by atoms with E-state index in [1.54, 1.807) is 0 Å². The van der Waals surface area contributed by atoms with Crippen LogP contribution in [-0.4, -0.2) is 29.2 Å². The van der Waals surface area contributed by atoms with Gasteiger partial charge in [0.2, 0.25) is 0 Å². The second kappa shape index (κ2) is 4.35. The van der Waals surface area contributed by atoms with Crippen molar-refractivity contribution < 1.29 is 14.3 Å². The molecule has 0 aliphatic carbocycles. The highest BCUT2D eigenvalue weighted by atomic mass is 127. The van der Waals surface area contributed by atoms with Gasteiger partial charge in [-0.1, -0.05) is 22.6 Å². The maximum Gasteiger partial charge on any atom is 0.312 e. The molecule has 0 amide bonds. The van der Waals surface area contributed by atoms with Gasteiger partial charge in [-0.25, -0.2) is 0 Å². The van der Waals surface area contributed by atoms with Crippen LogP contribution < -0.4 is 0 Å². The first-order valence-electron chi connectivity index (χ1n) is 4.77. The van der Waals surface area contributed by atoms with Gasteiger partial charge in [0, 0.05) is 10.8 Å². The van der Waals surface area contributed by atoms with E-state index >= 15 is 0 Å². The van der Waals surface area contributed by atoms with Crippen LogP contribution in [0.2, 0.25) is 0 Å². The summed E-state index contributed by atoms with van der Waals surface area (Å²) in [5.41, 5.74) is -0.799. The quantitative estimate of drug-likeness (QED) is 0.455. The van der Waals surface area contributed by atoms with Crippen molar-refractivity contribution >= 4 is 28.6 Å². The van der Waals surface area contributed by atoms with Gasteiger partial charge in [0.1, 0.15) is 5.60 Å². The maximum absolute atomic E-state index is 11.8. The minimum absolute atomic E-state index is 0.125. The zero-order valence-corrected chi connectivity index (χ0v) is 11.1. The topological polar surface area (TPSA) is 35.5 Å². The highest BCUT2D eigenvalue weighted by molar-refractivity contribution is 14.1. The van der Waals surface area contributed by atoms with Crippen molar-refractivity contribution in [2.24, 2.45) is 5.41 Å². The predicted octanol–water partition coefficient (Wildman–Crippen LogP) is 2.17. The maximum atomic E-state index is 11.8. The molecule has 4 heteroatoms. The smallest absolute Gasteiger partial charge is 0.312 e. The van der Waals surface area contributed by atoms with Crippen LogP contribution in [-0.2, 0) is 14.3 Å².